The third-order valence-electron chi connectivity index (χ3n) is 3.67. The molecule has 0 unspecified atom stereocenters. The van der Waals surface area contributed by atoms with Crippen LogP contribution in [0.15, 0.2) is 12.1 Å². The zero-order chi connectivity index (χ0) is 15.6. The molecule has 1 aromatic carbocycles. The van der Waals surface area contributed by atoms with Crippen LogP contribution in [-0.2, 0) is 0 Å². The molecule has 1 fully saturated rings. The van der Waals surface area contributed by atoms with Crippen molar-refractivity contribution in [2.75, 3.05) is 21.3 Å². The lowest BCUT2D eigenvalue weighted by Crippen LogP contribution is -2.38. The molecule has 1 amide bonds. The Morgan fingerprint density at radius 2 is 1.57 bits per heavy atom. The van der Waals surface area contributed by atoms with Gasteiger partial charge in [0.15, 0.2) is 11.5 Å². The quantitative estimate of drug-likeness (QED) is 0.809. The molecule has 1 aliphatic carbocycles. The highest BCUT2D eigenvalue weighted by Crippen LogP contribution is 2.37. The smallest absolute Gasteiger partial charge is 0.258 e. The van der Waals surface area contributed by atoms with Gasteiger partial charge < -0.3 is 19.1 Å². The summed E-state index contributed by atoms with van der Waals surface area (Å²) < 4.78 is 15.9. The van der Waals surface area contributed by atoms with E-state index in [0.717, 1.165) is 12.8 Å². The van der Waals surface area contributed by atoms with Crippen LogP contribution < -0.4 is 14.2 Å². The van der Waals surface area contributed by atoms with E-state index in [1.807, 2.05) is 18.7 Å². The number of carbonyl (C=O) groups is 1. The largest absolute Gasteiger partial charge is 0.496 e. The summed E-state index contributed by atoms with van der Waals surface area (Å²) in [6.45, 7) is 4.06. The Balaban J connectivity index is 2.43. The summed E-state index contributed by atoms with van der Waals surface area (Å²) >= 11 is 0. The third kappa shape index (κ3) is 3.06. The Morgan fingerprint density at radius 3 is 2.00 bits per heavy atom. The monoisotopic (exact) mass is 293 g/mol. The number of amides is 1. The molecular formula is C16H23NO4. The molecule has 2 rings (SSSR count). The molecule has 1 aliphatic rings. The fourth-order valence-corrected chi connectivity index (χ4v) is 2.51. The number of hydrogen-bond donors (Lipinski definition) is 0. The van der Waals surface area contributed by atoms with Crippen molar-refractivity contribution in [3.8, 4) is 17.2 Å². The van der Waals surface area contributed by atoms with E-state index in [2.05, 4.69) is 0 Å². The Labute approximate surface area is 125 Å². The SMILES string of the molecule is COc1cc(OC)c(C(=O)N(C(C)C)C2CC2)cc1OC. The van der Waals surface area contributed by atoms with Gasteiger partial charge in [0.2, 0.25) is 0 Å². The average Bonchev–Trinajstić information content (AvgIpc) is 3.29. The first-order valence-corrected chi connectivity index (χ1v) is 7.16. The Kier molecular flexibility index (Phi) is 4.60. The predicted octanol–water partition coefficient (Wildman–Crippen LogP) is 2.73. The van der Waals surface area contributed by atoms with Crippen molar-refractivity contribution in [1.82, 2.24) is 4.90 Å². The second kappa shape index (κ2) is 6.24. The van der Waals surface area contributed by atoms with Crippen molar-refractivity contribution >= 4 is 5.91 Å². The van der Waals surface area contributed by atoms with Gasteiger partial charge in [0.1, 0.15) is 5.75 Å². The molecule has 21 heavy (non-hydrogen) atoms. The van der Waals surface area contributed by atoms with Crippen molar-refractivity contribution in [2.45, 2.75) is 38.8 Å². The summed E-state index contributed by atoms with van der Waals surface area (Å²) in [6.07, 6.45) is 2.14. The first-order valence-electron chi connectivity index (χ1n) is 7.16. The number of hydrogen-bond acceptors (Lipinski definition) is 4. The van der Waals surface area contributed by atoms with Crippen molar-refractivity contribution < 1.29 is 19.0 Å². The third-order valence-corrected chi connectivity index (χ3v) is 3.67. The number of ether oxygens (including phenoxy) is 3. The molecule has 1 aromatic rings. The topological polar surface area (TPSA) is 48.0 Å². The van der Waals surface area contributed by atoms with E-state index >= 15 is 0 Å². The van der Waals surface area contributed by atoms with Gasteiger partial charge in [0.05, 0.1) is 26.9 Å². The maximum Gasteiger partial charge on any atom is 0.258 e. The van der Waals surface area contributed by atoms with Crippen LogP contribution in [-0.4, -0.2) is 44.2 Å². The molecule has 5 heteroatoms. The molecule has 1 saturated carbocycles. The zero-order valence-corrected chi connectivity index (χ0v) is 13.3. The van der Waals surface area contributed by atoms with Gasteiger partial charge in [0, 0.05) is 24.2 Å². The second-order valence-electron chi connectivity index (χ2n) is 5.44. The van der Waals surface area contributed by atoms with Gasteiger partial charge in [-0.1, -0.05) is 0 Å². The maximum absolute atomic E-state index is 12.9. The van der Waals surface area contributed by atoms with Crippen LogP contribution in [0.4, 0.5) is 0 Å². The van der Waals surface area contributed by atoms with Gasteiger partial charge in [-0.2, -0.15) is 0 Å². The minimum atomic E-state index is -0.0229. The lowest BCUT2D eigenvalue weighted by Gasteiger charge is -2.27. The number of rotatable bonds is 6. The Morgan fingerprint density at radius 1 is 1.05 bits per heavy atom. The lowest BCUT2D eigenvalue weighted by atomic mass is 10.1. The molecule has 0 aliphatic heterocycles. The van der Waals surface area contributed by atoms with E-state index in [1.54, 1.807) is 33.5 Å². The van der Waals surface area contributed by atoms with E-state index in [-0.39, 0.29) is 11.9 Å². The van der Waals surface area contributed by atoms with E-state index in [1.165, 1.54) is 0 Å². The second-order valence-corrected chi connectivity index (χ2v) is 5.44. The van der Waals surface area contributed by atoms with Crippen molar-refractivity contribution in [2.24, 2.45) is 0 Å². The highest BCUT2D eigenvalue weighted by Gasteiger charge is 2.36. The van der Waals surface area contributed by atoms with E-state index in [0.29, 0.717) is 28.9 Å². The number of carbonyl (C=O) groups excluding carboxylic acids is 1. The van der Waals surface area contributed by atoms with Gasteiger partial charge in [-0.15, -0.1) is 0 Å². The van der Waals surface area contributed by atoms with Gasteiger partial charge in [-0.05, 0) is 26.7 Å². The zero-order valence-electron chi connectivity index (χ0n) is 13.3. The summed E-state index contributed by atoms with van der Waals surface area (Å²) in [7, 11) is 4.66. The van der Waals surface area contributed by atoms with Gasteiger partial charge in [-0.25, -0.2) is 0 Å². The number of methoxy groups -OCH3 is 3. The van der Waals surface area contributed by atoms with Crippen LogP contribution in [0, 0.1) is 0 Å². The fraction of sp³-hybridized carbons (Fsp3) is 0.562. The van der Waals surface area contributed by atoms with Crippen LogP contribution in [0.3, 0.4) is 0 Å². The fourth-order valence-electron chi connectivity index (χ4n) is 2.51. The van der Waals surface area contributed by atoms with E-state index in [4.69, 9.17) is 14.2 Å². The minimum absolute atomic E-state index is 0.0229. The molecule has 0 heterocycles. The average molecular weight is 293 g/mol. The molecule has 5 nitrogen and oxygen atoms in total. The van der Waals surface area contributed by atoms with E-state index < -0.39 is 0 Å². The van der Waals surface area contributed by atoms with Crippen LogP contribution >= 0.6 is 0 Å². The van der Waals surface area contributed by atoms with Gasteiger partial charge in [-0.3, -0.25) is 4.79 Å². The van der Waals surface area contributed by atoms with Crippen LogP contribution in [0.1, 0.15) is 37.0 Å². The molecule has 116 valence electrons. The first kappa shape index (κ1) is 15.5. The molecule has 0 N–H and O–H groups in total. The highest BCUT2D eigenvalue weighted by atomic mass is 16.5. The molecule has 0 bridgehead atoms. The summed E-state index contributed by atoms with van der Waals surface area (Å²) in [4.78, 5) is 14.8. The van der Waals surface area contributed by atoms with Gasteiger partial charge >= 0.3 is 0 Å². The van der Waals surface area contributed by atoms with Crippen molar-refractivity contribution in [3.63, 3.8) is 0 Å². The Hall–Kier alpha value is -1.91. The first-order chi connectivity index (χ1) is 10.0. The molecule has 0 saturated heterocycles. The molecular weight excluding hydrogens is 270 g/mol. The summed E-state index contributed by atoms with van der Waals surface area (Å²) in [5, 5.41) is 0. The maximum atomic E-state index is 12.9. The lowest BCUT2D eigenvalue weighted by molar-refractivity contribution is 0.0686. The van der Waals surface area contributed by atoms with Crippen LogP contribution in [0.5, 0.6) is 17.2 Å². The molecule has 0 spiro atoms. The van der Waals surface area contributed by atoms with Crippen molar-refractivity contribution in [1.29, 1.82) is 0 Å². The molecule has 0 aromatic heterocycles. The van der Waals surface area contributed by atoms with E-state index in [9.17, 15) is 4.79 Å². The standard InChI is InChI=1S/C16H23NO4/c1-10(2)17(11-6-7-11)16(18)12-8-14(20-4)15(21-5)9-13(12)19-3/h8-11H,6-7H2,1-5H3. The minimum Gasteiger partial charge on any atom is -0.496 e. The number of nitrogens with zero attached hydrogens (tertiary/aromatic N) is 1. The summed E-state index contributed by atoms with van der Waals surface area (Å²) in [5.41, 5.74) is 0.510. The number of benzene rings is 1. The molecule has 0 atom stereocenters. The van der Waals surface area contributed by atoms with Gasteiger partial charge in [0.25, 0.3) is 5.91 Å². The molecule has 0 radical (unpaired) electrons. The van der Waals surface area contributed by atoms with Crippen LogP contribution in [0.25, 0.3) is 0 Å². The summed E-state index contributed by atoms with van der Waals surface area (Å²) in [5.74, 6) is 1.56. The summed E-state index contributed by atoms with van der Waals surface area (Å²) in [6, 6.07) is 3.88. The van der Waals surface area contributed by atoms with Crippen LogP contribution in [0.2, 0.25) is 0 Å². The Bertz CT molecular complexity index is 521. The highest BCUT2D eigenvalue weighted by molar-refractivity contribution is 5.98. The van der Waals surface area contributed by atoms with Crippen molar-refractivity contribution in [3.05, 3.63) is 17.7 Å². The predicted molar refractivity (Wildman–Crippen MR) is 80.4 cm³/mol. The normalized spacial score (nSPS) is 14.0.